The third kappa shape index (κ3) is 3.59. The minimum atomic E-state index is -0.718. The largest absolute Gasteiger partial charge is 0.338 e. The Morgan fingerprint density at radius 3 is 2.15 bits per heavy atom. The van der Waals surface area contributed by atoms with Crippen LogP contribution in [0.5, 0.6) is 0 Å². The first-order valence-electron chi connectivity index (χ1n) is 8.65. The third-order valence-electron chi connectivity index (χ3n) is 4.79. The number of pyridine rings is 1. The van der Waals surface area contributed by atoms with Crippen LogP contribution < -0.4 is 0 Å². The van der Waals surface area contributed by atoms with Crippen LogP contribution in [0.15, 0.2) is 48.7 Å². The molecule has 1 aromatic carbocycles. The fourth-order valence-electron chi connectivity index (χ4n) is 3.12. The summed E-state index contributed by atoms with van der Waals surface area (Å²) in [4.78, 5) is 33.2. The molecular formula is C20H22FN3O2. The maximum Gasteiger partial charge on any atom is 0.253 e. The number of carbonyl (C=O) groups is 2. The van der Waals surface area contributed by atoms with Crippen molar-refractivity contribution >= 4 is 11.8 Å². The maximum absolute atomic E-state index is 13.0. The summed E-state index contributed by atoms with van der Waals surface area (Å²) >= 11 is 0. The number of benzene rings is 1. The summed E-state index contributed by atoms with van der Waals surface area (Å²) in [5.41, 5.74) is 0.472. The number of hydrogen-bond acceptors (Lipinski definition) is 3. The lowest BCUT2D eigenvalue weighted by Crippen LogP contribution is -2.54. The monoisotopic (exact) mass is 355 g/mol. The highest BCUT2D eigenvalue weighted by molar-refractivity contribution is 5.94. The second kappa shape index (κ2) is 7.23. The Bertz CT molecular complexity index is 782. The molecule has 0 saturated carbocycles. The van der Waals surface area contributed by atoms with Gasteiger partial charge in [0.25, 0.3) is 5.91 Å². The Balaban J connectivity index is 1.64. The Hall–Kier alpha value is -2.76. The zero-order valence-electron chi connectivity index (χ0n) is 15.0. The van der Waals surface area contributed by atoms with Gasteiger partial charge in [0.2, 0.25) is 5.91 Å². The minimum Gasteiger partial charge on any atom is -0.338 e. The summed E-state index contributed by atoms with van der Waals surface area (Å²) in [6, 6.07) is 11.1. The van der Waals surface area contributed by atoms with Crippen LogP contribution in [0.2, 0.25) is 0 Å². The molecular weight excluding hydrogens is 333 g/mol. The molecule has 6 heteroatoms. The van der Waals surface area contributed by atoms with E-state index in [0.29, 0.717) is 31.7 Å². The van der Waals surface area contributed by atoms with Crippen LogP contribution >= 0.6 is 0 Å². The highest BCUT2D eigenvalue weighted by Gasteiger charge is 2.36. The fraction of sp³-hybridized carbons (Fsp3) is 0.350. The van der Waals surface area contributed by atoms with E-state index in [4.69, 9.17) is 0 Å². The summed E-state index contributed by atoms with van der Waals surface area (Å²) in [6.07, 6.45) is 1.68. The standard InChI is InChI=1S/C20H22FN3O2/c1-20(2,17-5-3-4-10-22-17)19(26)24-13-11-23(12-14-24)18(25)15-6-8-16(21)9-7-15/h3-10H,11-14H2,1-2H3. The number of amides is 2. The van der Waals surface area contributed by atoms with Crippen LogP contribution in [0, 0.1) is 5.82 Å². The van der Waals surface area contributed by atoms with E-state index >= 15 is 0 Å². The Morgan fingerprint density at radius 1 is 0.962 bits per heavy atom. The molecule has 0 atom stereocenters. The zero-order chi connectivity index (χ0) is 18.7. The van der Waals surface area contributed by atoms with Crippen molar-refractivity contribution in [3.63, 3.8) is 0 Å². The van der Waals surface area contributed by atoms with E-state index in [1.165, 1.54) is 24.3 Å². The van der Waals surface area contributed by atoms with E-state index in [1.54, 1.807) is 16.0 Å². The third-order valence-corrected chi connectivity index (χ3v) is 4.79. The van der Waals surface area contributed by atoms with Gasteiger partial charge >= 0.3 is 0 Å². The van der Waals surface area contributed by atoms with Gasteiger partial charge < -0.3 is 9.80 Å². The minimum absolute atomic E-state index is 0.00470. The molecule has 1 saturated heterocycles. The van der Waals surface area contributed by atoms with Crippen molar-refractivity contribution in [1.29, 1.82) is 0 Å². The first-order chi connectivity index (χ1) is 12.4. The van der Waals surface area contributed by atoms with E-state index < -0.39 is 5.41 Å². The van der Waals surface area contributed by atoms with Gasteiger partial charge in [0.15, 0.2) is 0 Å². The van der Waals surface area contributed by atoms with Crippen LogP contribution in [0.3, 0.4) is 0 Å². The number of piperazine rings is 1. The van der Waals surface area contributed by atoms with Crippen molar-refractivity contribution in [2.45, 2.75) is 19.3 Å². The van der Waals surface area contributed by atoms with Gasteiger partial charge in [-0.2, -0.15) is 0 Å². The fourth-order valence-corrected chi connectivity index (χ4v) is 3.12. The van der Waals surface area contributed by atoms with Gasteiger partial charge in [-0.25, -0.2) is 4.39 Å². The van der Waals surface area contributed by atoms with Gasteiger partial charge in [-0.15, -0.1) is 0 Å². The topological polar surface area (TPSA) is 53.5 Å². The molecule has 0 radical (unpaired) electrons. The summed E-state index contributed by atoms with van der Waals surface area (Å²) in [5, 5.41) is 0. The predicted octanol–water partition coefficient (Wildman–Crippen LogP) is 2.48. The predicted molar refractivity (Wildman–Crippen MR) is 96.1 cm³/mol. The van der Waals surface area contributed by atoms with Gasteiger partial charge in [-0.3, -0.25) is 14.6 Å². The number of halogens is 1. The van der Waals surface area contributed by atoms with Gasteiger partial charge in [0, 0.05) is 37.9 Å². The number of carbonyl (C=O) groups excluding carboxylic acids is 2. The van der Waals surface area contributed by atoms with E-state index in [2.05, 4.69) is 4.98 Å². The van der Waals surface area contributed by atoms with Crippen LogP contribution in [0.4, 0.5) is 4.39 Å². The Kier molecular flexibility index (Phi) is 5.02. The van der Waals surface area contributed by atoms with Crippen molar-refractivity contribution in [1.82, 2.24) is 14.8 Å². The molecule has 136 valence electrons. The summed E-state index contributed by atoms with van der Waals surface area (Å²) in [7, 11) is 0. The lowest BCUT2D eigenvalue weighted by atomic mass is 9.86. The molecule has 2 aromatic rings. The molecule has 1 aliphatic heterocycles. The highest BCUT2D eigenvalue weighted by atomic mass is 19.1. The molecule has 1 aromatic heterocycles. The first-order valence-corrected chi connectivity index (χ1v) is 8.65. The molecule has 26 heavy (non-hydrogen) atoms. The normalized spacial score (nSPS) is 15.0. The average molecular weight is 355 g/mol. The van der Waals surface area contributed by atoms with Crippen LogP contribution in [0.25, 0.3) is 0 Å². The van der Waals surface area contributed by atoms with Crippen molar-refractivity contribution in [2.75, 3.05) is 26.2 Å². The van der Waals surface area contributed by atoms with Crippen molar-refractivity contribution in [2.24, 2.45) is 0 Å². The zero-order valence-corrected chi connectivity index (χ0v) is 15.0. The van der Waals surface area contributed by atoms with E-state index in [9.17, 15) is 14.0 Å². The molecule has 3 rings (SSSR count). The molecule has 2 heterocycles. The second-order valence-electron chi connectivity index (χ2n) is 6.93. The number of aromatic nitrogens is 1. The summed E-state index contributed by atoms with van der Waals surface area (Å²) in [5.74, 6) is -0.500. The molecule has 2 amide bonds. The second-order valence-corrected chi connectivity index (χ2v) is 6.93. The molecule has 0 spiro atoms. The first kappa shape index (κ1) is 18.0. The quantitative estimate of drug-likeness (QED) is 0.850. The van der Waals surface area contributed by atoms with Crippen LogP contribution in [0.1, 0.15) is 29.9 Å². The number of nitrogens with zero attached hydrogens (tertiary/aromatic N) is 3. The van der Waals surface area contributed by atoms with Gasteiger partial charge in [-0.1, -0.05) is 6.07 Å². The lowest BCUT2D eigenvalue weighted by molar-refractivity contribution is -0.137. The molecule has 1 aliphatic rings. The molecule has 0 aliphatic carbocycles. The SMILES string of the molecule is CC(C)(C(=O)N1CCN(C(=O)c2ccc(F)cc2)CC1)c1ccccn1. The molecule has 5 nitrogen and oxygen atoms in total. The Labute approximate surface area is 152 Å². The van der Waals surface area contributed by atoms with Crippen molar-refractivity contribution in [3.05, 3.63) is 65.7 Å². The van der Waals surface area contributed by atoms with Crippen molar-refractivity contribution in [3.8, 4) is 0 Å². The van der Waals surface area contributed by atoms with Gasteiger partial charge in [0.1, 0.15) is 5.82 Å². The maximum atomic E-state index is 13.0. The summed E-state index contributed by atoms with van der Waals surface area (Å²) < 4.78 is 13.0. The highest BCUT2D eigenvalue weighted by Crippen LogP contribution is 2.24. The summed E-state index contributed by atoms with van der Waals surface area (Å²) in [6.45, 7) is 5.60. The lowest BCUT2D eigenvalue weighted by Gasteiger charge is -2.38. The van der Waals surface area contributed by atoms with Crippen molar-refractivity contribution < 1.29 is 14.0 Å². The smallest absolute Gasteiger partial charge is 0.253 e. The van der Waals surface area contributed by atoms with Gasteiger partial charge in [0.05, 0.1) is 11.1 Å². The molecule has 0 N–H and O–H groups in total. The van der Waals surface area contributed by atoms with E-state index in [-0.39, 0.29) is 17.6 Å². The van der Waals surface area contributed by atoms with Gasteiger partial charge in [-0.05, 0) is 50.2 Å². The average Bonchev–Trinajstić information content (AvgIpc) is 2.68. The number of rotatable bonds is 3. The van der Waals surface area contributed by atoms with E-state index in [1.807, 2.05) is 32.0 Å². The molecule has 0 unspecified atom stereocenters. The number of hydrogen-bond donors (Lipinski definition) is 0. The Morgan fingerprint density at radius 2 is 1.58 bits per heavy atom. The van der Waals surface area contributed by atoms with Crippen LogP contribution in [-0.2, 0) is 10.2 Å². The van der Waals surface area contributed by atoms with E-state index in [0.717, 1.165) is 5.69 Å². The van der Waals surface area contributed by atoms with Crippen LogP contribution in [-0.4, -0.2) is 52.8 Å². The molecule has 1 fully saturated rings. The molecule has 0 bridgehead atoms.